The molecule has 1 aromatic carbocycles. The van der Waals surface area contributed by atoms with Gasteiger partial charge in [-0.2, -0.15) is 0 Å². The number of aromatic hydroxyl groups is 1. The van der Waals surface area contributed by atoms with Crippen LogP contribution >= 0.6 is 0 Å². The zero-order valence-corrected chi connectivity index (χ0v) is 10.2. The lowest BCUT2D eigenvalue weighted by molar-refractivity contribution is 0.474. The third-order valence-corrected chi connectivity index (χ3v) is 3.44. The first kappa shape index (κ1) is 11.2. The highest BCUT2D eigenvalue weighted by Crippen LogP contribution is 2.35. The molecule has 0 saturated heterocycles. The number of benzene rings is 1. The summed E-state index contributed by atoms with van der Waals surface area (Å²) in [5.74, 6) is 0.346. The Morgan fingerprint density at radius 1 is 1.31 bits per heavy atom. The van der Waals surface area contributed by atoms with Crippen molar-refractivity contribution in [1.29, 1.82) is 0 Å². The first-order valence-corrected chi connectivity index (χ1v) is 5.76. The number of phenols is 1. The van der Waals surface area contributed by atoms with E-state index in [9.17, 15) is 5.11 Å². The lowest BCUT2D eigenvalue weighted by atomic mass is 9.81. The zero-order valence-electron chi connectivity index (χ0n) is 10.2. The lowest BCUT2D eigenvalue weighted by Gasteiger charge is -2.31. The van der Waals surface area contributed by atoms with Crippen LogP contribution in [0, 0.1) is 0 Å². The molecule has 0 atom stereocenters. The standard InChI is InChI=1S/C14H19NO/c1-14(2,15-3)13-6-4-5-10-7-8-11(16)9-12(10)13/h6-9,15-16H,4-5H2,1-3H3. The fraction of sp³-hybridized carbons (Fsp3) is 0.429. The van der Waals surface area contributed by atoms with E-state index in [0.29, 0.717) is 5.75 Å². The topological polar surface area (TPSA) is 32.3 Å². The largest absolute Gasteiger partial charge is 0.508 e. The summed E-state index contributed by atoms with van der Waals surface area (Å²) < 4.78 is 0. The van der Waals surface area contributed by atoms with Crippen LogP contribution in [0.2, 0.25) is 0 Å². The second-order valence-electron chi connectivity index (χ2n) is 4.87. The van der Waals surface area contributed by atoms with Crippen molar-refractivity contribution >= 4 is 5.57 Å². The average Bonchev–Trinajstić information content (AvgIpc) is 2.28. The number of hydrogen-bond donors (Lipinski definition) is 2. The fourth-order valence-electron chi connectivity index (χ4n) is 2.24. The van der Waals surface area contributed by atoms with Gasteiger partial charge in [-0.15, -0.1) is 0 Å². The van der Waals surface area contributed by atoms with Crippen molar-refractivity contribution in [3.63, 3.8) is 0 Å². The number of aryl methyl sites for hydroxylation is 1. The van der Waals surface area contributed by atoms with Crippen LogP contribution in [0.5, 0.6) is 5.75 Å². The predicted octanol–water partition coefficient (Wildman–Crippen LogP) is 2.72. The lowest BCUT2D eigenvalue weighted by Crippen LogP contribution is -2.38. The highest BCUT2D eigenvalue weighted by atomic mass is 16.3. The molecule has 0 aromatic heterocycles. The van der Waals surface area contributed by atoms with E-state index >= 15 is 0 Å². The molecule has 1 aliphatic rings. The van der Waals surface area contributed by atoms with Gasteiger partial charge in [0, 0.05) is 5.54 Å². The first-order chi connectivity index (χ1) is 7.54. The molecule has 2 nitrogen and oxygen atoms in total. The summed E-state index contributed by atoms with van der Waals surface area (Å²) in [6.45, 7) is 4.33. The Bertz CT molecular complexity index is 432. The average molecular weight is 217 g/mol. The van der Waals surface area contributed by atoms with Gasteiger partial charge in [0.25, 0.3) is 0 Å². The molecule has 0 radical (unpaired) electrons. The third kappa shape index (κ3) is 1.85. The quantitative estimate of drug-likeness (QED) is 0.798. The Balaban J connectivity index is 2.51. The molecule has 16 heavy (non-hydrogen) atoms. The van der Waals surface area contributed by atoms with Gasteiger partial charge in [-0.1, -0.05) is 12.1 Å². The van der Waals surface area contributed by atoms with Crippen LogP contribution < -0.4 is 5.32 Å². The Kier molecular flexibility index (Phi) is 2.76. The molecule has 0 unspecified atom stereocenters. The van der Waals surface area contributed by atoms with Crippen molar-refractivity contribution in [3.8, 4) is 5.75 Å². The Labute approximate surface area is 97.0 Å². The molecule has 0 bridgehead atoms. The molecule has 86 valence electrons. The molecule has 0 aliphatic heterocycles. The smallest absolute Gasteiger partial charge is 0.116 e. The van der Waals surface area contributed by atoms with Gasteiger partial charge in [-0.3, -0.25) is 0 Å². The van der Waals surface area contributed by atoms with Gasteiger partial charge in [-0.05, 0) is 62.6 Å². The van der Waals surface area contributed by atoms with E-state index < -0.39 is 0 Å². The van der Waals surface area contributed by atoms with Gasteiger partial charge in [-0.25, -0.2) is 0 Å². The van der Waals surface area contributed by atoms with Gasteiger partial charge in [0.05, 0.1) is 0 Å². The van der Waals surface area contributed by atoms with Crippen molar-refractivity contribution < 1.29 is 5.11 Å². The van der Waals surface area contributed by atoms with E-state index in [1.165, 1.54) is 16.7 Å². The van der Waals surface area contributed by atoms with Crippen LogP contribution in [-0.4, -0.2) is 17.7 Å². The van der Waals surface area contributed by atoms with E-state index in [1.54, 1.807) is 6.07 Å². The maximum Gasteiger partial charge on any atom is 0.116 e. The highest BCUT2D eigenvalue weighted by Gasteiger charge is 2.26. The number of rotatable bonds is 2. The highest BCUT2D eigenvalue weighted by molar-refractivity contribution is 5.76. The summed E-state index contributed by atoms with van der Waals surface area (Å²) >= 11 is 0. The summed E-state index contributed by atoms with van der Waals surface area (Å²) in [6, 6.07) is 5.68. The van der Waals surface area contributed by atoms with Crippen LogP contribution in [0.4, 0.5) is 0 Å². The van der Waals surface area contributed by atoms with Gasteiger partial charge in [0.15, 0.2) is 0 Å². The molecular weight excluding hydrogens is 198 g/mol. The first-order valence-electron chi connectivity index (χ1n) is 5.76. The molecule has 2 heteroatoms. The summed E-state index contributed by atoms with van der Waals surface area (Å²) in [7, 11) is 1.97. The summed E-state index contributed by atoms with van der Waals surface area (Å²) in [6.07, 6.45) is 4.43. The number of allylic oxidation sites excluding steroid dienone is 1. The van der Waals surface area contributed by atoms with Crippen molar-refractivity contribution in [2.24, 2.45) is 0 Å². The number of hydrogen-bond acceptors (Lipinski definition) is 2. The molecule has 0 spiro atoms. The predicted molar refractivity (Wildman–Crippen MR) is 67.5 cm³/mol. The molecule has 0 saturated carbocycles. The third-order valence-electron chi connectivity index (χ3n) is 3.44. The molecule has 1 aromatic rings. The van der Waals surface area contributed by atoms with Crippen LogP contribution in [0.15, 0.2) is 24.3 Å². The van der Waals surface area contributed by atoms with E-state index in [0.717, 1.165) is 12.8 Å². The molecule has 1 aliphatic carbocycles. The van der Waals surface area contributed by atoms with Gasteiger partial charge in [0.2, 0.25) is 0 Å². The zero-order chi connectivity index (χ0) is 11.8. The van der Waals surface area contributed by atoms with Crippen LogP contribution in [0.1, 0.15) is 31.4 Å². The molecule has 0 fully saturated rings. The minimum Gasteiger partial charge on any atom is -0.508 e. The second kappa shape index (κ2) is 3.95. The number of likely N-dealkylation sites (N-methyl/N-ethyl adjacent to an activating group) is 1. The molecule has 2 rings (SSSR count). The Morgan fingerprint density at radius 2 is 2.06 bits per heavy atom. The van der Waals surface area contributed by atoms with Crippen molar-refractivity contribution in [2.75, 3.05) is 7.05 Å². The second-order valence-corrected chi connectivity index (χ2v) is 4.87. The molecule has 0 heterocycles. The monoisotopic (exact) mass is 217 g/mol. The maximum atomic E-state index is 9.60. The van der Waals surface area contributed by atoms with E-state index in [-0.39, 0.29) is 5.54 Å². The molecular formula is C14H19NO. The number of nitrogens with one attached hydrogen (secondary N) is 1. The molecule has 0 amide bonds. The van der Waals surface area contributed by atoms with Crippen LogP contribution in [0.3, 0.4) is 0 Å². The Morgan fingerprint density at radius 3 is 2.75 bits per heavy atom. The molecule has 2 N–H and O–H groups in total. The van der Waals surface area contributed by atoms with Crippen molar-refractivity contribution in [1.82, 2.24) is 5.32 Å². The fourth-order valence-corrected chi connectivity index (χ4v) is 2.24. The van der Waals surface area contributed by atoms with Gasteiger partial charge < -0.3 is 10.4 Å². The van der Waals surface area contributed by atoms with Crippen molar-refractivity contribution in [3.05, 3.63) is 35.4 Å². The normalized spacial score (nSPS) is 15.6. The minimum atomic E-state index is -0.0526. The summed E-state index contributed by atoms with van der Waals surface area (Å²) in [5, 5.41) is 12.9. The maximum absolute atomic E-state index is 9.60. The van der Waals surface area contributed by atoms with E-state index in [1.807, 2.05) is 19.2 Å². The van der Waals surface area contributed by atoms with Gasteiger partial charge >= 0.3 is 0 Å². The summed E-state index contributed by atoms with van der Waals surface area (Å²) in [5.41, 5.74) is 3.75. The number of fused-ring (bicyclic) bond motifs is 1. The Hall–Kier alpha value is -1.28. The SMILES string of the molecule is CNC(C)(C)C1=CCCc2ccc(O)cc21. The van der Waals surface area contributed by atoms with Crippen LogP contribution in [-0.2, 0) is 6.42 Å². The van der Waals surface area contributed by atoms with Crippen LogP contribution in [0.25, 0.3) is 5.57 Å². The van der Waals surface area contributed by atoms with Crippen molar-refractivity contribution in [2.45, 2.75) is 32.2 Å². The van der Waals surface area contributed by atoms with Gasteiger partial charge in [0.1, 0.15) is 5.75 Å². The van der Waals surface area contributed by atoms with E-state index in [4.69, 9.17) is 0 Å². The minimum absolute atomic E-state index is 0.0526. The van der Waals surface area contributed by atoms with E-state index in [2.05, 4.69) is 25.2 Å². The number of phenolic OH excluding ortho intramolecular Hbond substituents is 1. The summed E-state index contributed by atoms with van der Waals surface area (Å²) in [4.78, 5) is 0.